The number of hydrogen-bond acceptors (Lipinski definition) is 10. The summed E-state index contributed by atoms with van der Waals surface area (Å²) in [6.07, 6.45) is -1.24. The van der Waals surface area contributed by atoms with Crippen LogP contribution in [0.2, 0.25) is 0 Å². The monoisotopic (exact) mass is 713 g/mol. The molecule has 12 N–H and O–H groups in total. The third-order valence-corrected chi connectivity index (χ3v) is 7.46. The number of carbonyl (C=O) groups is 8. The standard InChI is InChI=1S/C33H43N7O11/c1-17(37-31(48)23(38-30(47)22(34)15-27(43)44)13-10-19-8-11-21(41)12-9-19)28(45)36-18(2)29(46)39-24(14-20-6-4-3-5-7-20)32(49)40-25(33(50)51)16-26(35)42/h3-9,11-12,17-18,22-25,41H,10,13-16,34H2,1-2H3,(H2,35,42)(H,36,45)(H,37,48)(H,38,47)(H,39,46)(H,40,49)(H,43,44)(H,50,51)/t17-,18-,22-,23-,24-,25-/m0/s1. The first-order chi connectivity index (χ1) is 24.0. The summed E-state index contributed by atoms with van der Waals surface area (Å²) in [5, 5.41) is 39.8. The SMILES string of the molecule is C[C@H](NC(=O)[C@H](C)NC(=O)[C@H](CCc1ccc(O)cc1)NC(=O)[C@@H](N)CC(=O)O)C(=O)N[C@@H](Cc1ccccc1)C(=O)N[C@@H](CC(N)=O)C(=O)O. The van der Waals surface area contributed by atoms with Gasteiger partial charge in [0, 0.05) is 6.42 Å². The number of amides is 6. The first kappa shape index (κ1) is 41.1. The Balaban J connectivity index is 2.11. The molecule has 276 valence electrons. The smallest absolute Gasteiger partial charge is 0.326 e. The number of nitrogens with two attached hydrogens (primary N) is 2. The third-order valence-electron chi connectivity index (χ3n) is 7.46. The number of hydrogen-bond donors (Lipinski definition) is 10. The van der Waals surface area contributed by atoms with Crippen LogP contribution in [0.1, 0.15) is 44.2 Å². The highest BCUT2D eigenvalue weighted by atomic mass is 16.4. The van der Waals surface area contributed by atoms with Crippen molar-refractivity contribution in [1.29, 1.82) is 0 Å². The maximum Gasteiger partial charge on any atom is 0.326 e. The minimum absolute atomic E-state index is 0.00231. The molecular formula is C33H43N7O11. The third kappa shape index (κ3) is 14.5. The number of phenolic OH excluding ortho intramolecular Hbond substituents is 1. The van der Waals surface area contributed by atoms with E-state index >= 15 is 0 Å². The molecule has 0 saturated heterocycles. The lowest BCUT2D eigenvalue weighted by Crippen LogP contribution is -2.58. The van der Waals surface area contributed by atoms with Crippen LogP contribution in [-0.2, 0) is 51.2 Å². The number of carbonyl (C=O) groups excluding carboxylic acids is 6. The lowest BCUT2D eigenvalue weighted by molar-refractivity contribution is -0.143. The van der Waals surface area contributed by atoms with Crippen LogP contribution in [0.25, 0.3) is 0 Å². The van der Waals surface area contributed by atoms with E-state index in [4.69, 9.17) is 16.6 Å². The number of carboxylic acid groups (broad SMARTS) is 2. The second kappa shape index (κ2) is 19.8. The molecule has 2 aromatic rings. The largest absolute Gasteiger partial charge is 0.508 e. The van der Waals surface area contributed by atoms with Crippen LogP contribution in [0, 0.1) is 0 Å². The zero-order valence-corrected chi connectivity index (χ0v) is 28.0. The van der Waals surface area contributed by atoms with Crippen molar-refractivity contribution >= 4 is 47.4 Å². The van der Waals surface area contributed by atoms with Gasteiger partial charge in [0.2, 0.25) is 35.4 Å². The fourth-order valence-corrected chi connectivity index (χ4v) is 4.61. The molecule has 0 aliphatic carbocycles. The van der Waals surface area contributed by atoms with Crippen LogP contribution < -0.4 is 38.1 Å². The number of phenols is 1. The summed E-state index contributed by atoms with van der Waals surface area (Å²) < 4.78 is 0. The molecule has 0 spiro atoms. The van der Waals surface area contributed by atoms with Gasteiger partial charge in [-0.15, -0.1) is 0 Å². The van der Waals surface area contributed by atoms with Crippen LogP contribution in [-0.4, -0.2) is 99.0 Å². The Morgan fingerprint density at radius 3 is 1.69 bits per heavy atom. The van der Waals surface area contributed by atoms with E-state index < -0.39 is 96.5 Å². The molecule has 2 aromatic carbocycles. The molecule has 2 rings (SSSR count). The fourth-order valence-electron chi connectivity index (χ4n) is 4.61. The van der Waals surface area contributed by atoms with E-state index in [2.05, 4.69) is 26.6 Å². The van der Waals surface area contributed by atoms with E-state index in [1.54, 1.807) is 42.5 Å². The van der Waals surface area contributed by atoms with Crippen molar-refractivity contribution in [3.63, 3.8) is 0 Å². The molecule has 0 heterocycles. The van der Waals surface area contributed by atoms with Crippen molar-refractivity contribution < 1.29 is 53.7 Å². The van der Waals surface area contributed by atoms with E-state index in [1.807, 2.05) is 0 Å². The lowest BCUT2D eigenvalue weighted by atomic mass is 10.0. The molecule has 0 saturated carbocycles. The van der Waals surface area contributed by atoms with Crippen molar-refractivity contribution in [3.05, 3.63) is 65.7 Å². The molecule has 6 atom stereocenters. The van der Waals surface area contributed by atoms with E-state index in [1.165, 1.54) is 26.0 Å². The molecule has 0 aliphatic rings. The summed E-state index contributed by atoms with van der Waals surface area (Å²) >= 11 is 0. The van der Waals surface area contributed by atoms with Gasteiger partial charge in [-0.2, -0.15) is 0 Å². The summed E-state index contributed by atoms with van der Waals surface area (Å²) in [5.74, 6) is -8.12. The number of rotatable bonds is 20. The number of primary amides is 1. The van der Waals surface area contributed by atoms with Crippen molar-refractivity contribution in [3.8, 4) is 5.75 Å². The second-order valence-corrected chi connectivity index (χ2v) is 11.8. The van der Waals surface area contributed by atoms with Gasteiger partial charge in [-0.1, -0.05) is 42.5 Å². The Morgan fingerprint density at radius 2 is 1.14 bits per heavy atom. The predicted octanol–water partition coefficient (Wildman–Crippen LogP) is -2.21. The lowest BCUT2D eigenvalue weighted by Gasteiger charge is -2.25. The Morgan fingerprint density at radius 1 is 0.627 bits per heavy atom. The van der Waals surface area contributed by atoms with Gasteiger partial charge in [-0.25, -0.2) is 4.79 Å². The van der Waals surface area contributed by atoms with E-state index in [0.717, 1.165) is 0 Å². The zero-order chi connectivity index (χ0) is 38.2. The normalized spacial score (nSPS) is 14.3. The highest BCUT2D eigenvalue weighted by molar-refractivity contribution is 5.96. The molecule has 0 unspecified atom stereocenters. The molecular weight excluding hydrogens is 670 g/mol. The quantitative estimate of drug-likeness (QED) is 0.0699. The van der Waals surface area contributed by atoms with Gasteiger partial charge in [0.15, 0.2) is 0 Å². The van der Waals surface area contributed by atoms with E-state index in [0.29, 0.717) is 11.1 Å². The summed E-state index contributed by atoms with van der Waals surface area (Å²) in [7, 11) is 0. The highest BCUT2D eigenvalue weighted by Gasteiger charge is 2.31. The van der Waals surface area contributed by atoms with Gasteiger partial charge in [0.1, 0.15) is 36.0 Å². The number of benzene rings is 2. The van der Waals surface area contributed by atoms with Gasteiger partial charge in [0.25, 0.3) is 0 Å². The molecule has 51 heavy (non-hydrogen) atoms. The van der Waals surface area contributed by atoms with Gasteiger partial charge in [-0.05, 0) is 49.9 Å². The van der Waals surface area contributed by atoms with Crippen molar-refractivity contribution in [2.45, 2.75) is 82.2 Å². The Bertz CT molecular complexity index is 1570. The van der Waals surface area contributed by atoms with Crippen LogP contribution in [0.3, 0.4) is 0 Å². The Labute approximate surface area is 292 Å². The van der Waals surface area contributed by atoms with Crippen molar-refractivity contribution in [2.75, 3.05) is 0 Å². The van der Waals surface area contributed by atoms with Crippen molar-refractivity contribution in [2.24, 2.45) is 11.5 Å². The molecule has 0 bridgehead atoms. The molecule has 6 amide bonds. The summed E-state index contributed by atoms with van der Waals surface area (Å²) in [4.78, 5) is 99.0. The molecule has 18 heteroatoms. The topological polar surface area (TPSA) is 309 Å². The van der Waals surface area contributed by atoms with E-state index in [9.17, 15) is 48.6 Å². The average molecular weight is 714 g/mol. The number of carboxylic acids is 2. The van der Waals surface area contributed by atoms with Gasteiger partial charge in [0.05, 0.1) is 18.9 Å². The number of aromatic hydroxyl groups is 1. The number of aliphatic carboxylic acids is 2. The Kier molecular flexibility index (Phi) is 16.0. The van der Waals surface area contributed by atoms with Gasteiger partial charge in [-0.3, -0.25) is 33.6 Å². The average Bonchev–Trinajstić information content (AvgIpc) is 3.06. The van der Waals surface area contributed by atoms with Gasteiger partial charge >= 0.3 is 11.9 Å². The first-order valence-electron chi connectivity index (χ1n) is 15.8. The fraction of sp³-hybridized carbons (Fsp3) is 0.394. The molecule has 0 aliphatic heterocycles. The Hall–Kier alpha value is -6.04. The maximum atomic E-state index is 13.2. The van der Waals surface area contributed by atoms with E-state index in [-0.39, 0.29) is 25.0 Å². The van der Waals surface area contributed by atoms with Crippen LogP contribution in [0.5, 0.6) is 5.75 Å². The minimum Gasteiger partial charge on any atom is -0.508 e. The molecule has 0 aromatic heterocycles. The van der Waals surface area contributed by atoms with Crippen LogP contribution in [0.4, 0.5) is 0 Å². The molecule has 0 fully saturated rings. The minimum atomic E-state index is -1.66. The summed E-state index contributed by atoms with van der Waals surface area (Å²) in [6, 6.07) is 6.25. The maximum absolute atomic E-state index is 13.2. The summed E-state index contributed by atoms with van der Waals surface area (Å²) in [6.45, 7) is 2.61. The molecule has 18 nitrogen and oxygen atoms in total. The predicted molar refractivity (Wildman–Crippen MR) is 179 cm³/mol. The van der Waals surface area contributed by atoms with Crippen LogP contribution in [0.15, 0.2) is 54.6 Å². The molecule has 0 radical (unpaired) electrons. The number of nitrogens with one attached hydrogen (secondary N) is 5. The number of aryl methyl sites for hydroxylation is 1. The second-order valence-electron chi connectivity index (χ2n) is 11.8. The first-order valence-corrected chi connectivity index (χ1v) is 15.8. The van der Waals surface area contributed by atoms with Crippen molar-refractivity contribution in [1.82, 2.24) is 26.6 Å². The van der Waals surface area contributed by atoms with Crippen LogP contribution >= 0.6 is 0 Å². The highest BCUT2D eigenvalue weighted by Crippen LogP contribution is 2.13. The zero-order valence-electron chi connectivity index (χ0n) is 28.0. The summed E-state index contributed by atoms with van der Waals surface area (Å²) in [5.41, 5.74) is 12.0. The van der Waals surface area contributed by atoms with Gasteiger partial charge < -0.3 is 53.4 Å².